The van der Waals surface area contributed by atoms with Gasteiger partial charge in [-0.2, -0.15) is 0 Å². The Kier molecular flexibility index (Phi) is 6.65. The van der Waals surface area contributed by atoms with Crippen LogP contribution in [-0.2, 0) is 19.1 Å². The number of carbonyl (C=O) groups is 3. The average molecular weight is 453 g/mol. The minimum Gasteiger partial charge on any atom is -0.480 e. The molecule has 0 aromatic heterocycles. The van der Waals surface area contributed by atoms with Crippen LogP contribution in [0.15, 0.2) is 48.5 Å². The number of carbonyl (C=O) groups excluding carboxylic acids is 2. The van der Waals surface area contributed by atoms with Crippen LogP contribution in [0, 0.1) is 5.92 Å². The van der Waals surface area contributed by atoms with Crippen molar-refractivity contribution < 1.29 is 29.0 Å². The highest BCUT2D eigenvalue weighted by molar-refractivity contribution is 5.90. The fraction of sp³-hybridized carbons (Fsp3) is 0.400. The van der Waals surface area contributed by atoms with E-state index < -0.39 is 36.2 Å². The summed E-state index contributed by atoms with van der Waals surface area (Å²) in [5.41, 5.74) is 4.45. The van der Waals surface area contributed by atoms with Gasteiger partial charge in [-0.25, -0.2) is 9.59 Å². The van der Waals surface area contributed by atoms with Gasteiger partial charge in [0.2, 0.25) is 5.91 Å². The molecule has 0 saturated heterocycles. The second kappa shape index (κ2) is 9.62. The molecule has 2 amide bonds. The van der Waals surface area contributed by atoms with E-state index in [-0.39, 0.29) is 18.4 Å². The summed E-state index contributed by atoms with van der Waals surface area (Å²) in [6, 6.07) is 14.0. The lowest BCUT2D eigenvalue weighted by atomic mass is 9.98. The molecule has 0 aliphatic heterocycles. The minimum atomic E-state index is -1.21. The molecule has 1 saturated carbocycles. The molecule has 33 heavy (non-hydrogen) atoms. The monoisotopic (exact) mass is 452 g/mol. The third kappa shape index (κ3) is 4.85. The van der Waals surface area contributed by atoms with Crippen molar-refractivity contribution in [3.8, 4) is 11.1 Å². The first-order valence-electron chi connectivity index (χ1n) is 11.1. The minimum absolute atomic E-state index is 0.0437. The number of methoxy groups -OCH3 is 1. The summed E-state index contributed by atoms with van der Waals surface area (Å²) in [5.74, 6) is -1.89. The first kappa shape index (κ1) is 22.8. The van der Waals surface area contributed by atoms with Crippen molar-refractivity contribution in [3.63, 3.8) is 0 Å². The summed E-state index contributed by atoms with van der Waals surface area (Å²) in [6.45, 7) is 1.70. The lowest BCUT2D eigenvalue weighted by Gasteiger charge is -2.24. The number of ether oxygens (including phenoxy) is 2. The van der Waals surface area contributed by atoms with Crippen LogP contribution >= 0.6 is 0 Å². The van der Waals surface area contributed by atoms with Gasteiger partial charge in [0.25, 0.3) is 0 Å². The van der Waals surface area contributed by atoms with Gasteiger partial charge in [0.1, 0.15) is 12.6 Å². The Balaban J connectivity index is 1.40. The van der Waals surface area contributed by atoms with Gasteiger partial charge in [-0.05, 0) is 47.9 Å². The molecule has 0 radical (unpaired) electrons. The van der Waals surface area contributed by atoms with Gasteiger partial charge >= 0.3 is 12.1 Å². The van der Waals surface area contributed by atoms with Crippen molar-refractivity contribution in [1.29, 1.82) is 0 Å². The third-order valence-corrected chi connectivity index (χ3v) is 6.40. The van der Waals surface area contributed by atoms with Crippen molar-refractivity contribution in [2.45, 2.75) is 43.9 Å². The maximum absolute atomic E-state index is 12.8. The van der Waals surface area contributed by atoms with Crippen LogP contribution in [0.2, 0.25) is 0 Å². The lowest BCUT2D eigenvalue weighted by Crippen LogP contribution is -2.55. The molecule has 0 heterocycles. The van der Waals surface area contributed by atoms with Crippen molar-refractivity contribution >= 4 is 18.0 Å². The Morgan fingerprint density at radius 2 is 1.58 bits per heavy atom. The highest BCUT2D eigenvalue weighted by Crippen LogP contribution is 2.44. The molecule has 174 valence electrons. The van der Waals surface area contributed by atoms with Gasteiger partial charge in [0, 0.05) is 13.0 Å². The fourth-order valence-electron chi connectivity index (χ4n) is 4.35. The molecule has 8 heteroatoms. The number of carboxylic acids is 1. The highest BCUT2D eigenvalue weighted by Gasteiger charge is 2.40. The van der Waals surface area contributed by atoms with Crippen LogP contribution in [0.3, 0.4) is 0 Å². The molecule has 0 bridgehead atoms. The predicted octanol–water partition coefficient (Wildman–Crippen LogP) is 2.91. The van der Waals surface area contributed by atoms with E-state index in [1.54, 1.807) is 6.92 Å². The van der Waals surface area contributed by atoms with E-state index in [1.807, 2.05) is 36.4 Å². The molecular weight excluding hydrogens is 424 g/mol. The summed E-state index contributed by atoms with van der Waals surface area (Å²) in [6.07, 6.45) is 0.134. The summed E-state index contributed by atoms with van der Waals surface area (Å²) in [4.78, 5) is 36.9. The van der Waals surface area contributed by atoms with Gasteiger partial charge in [0.05, 0.1) is 6.10 Å². The van der Waals surface area contributed by atoms with Crippen molar-refractivity contribution in [2.24, 2.45) is 5.92 Å². The molecule has 2 aliphatic rings. The predicted molar refractivity (Wildman–Crippen MR) is 121 cm³/mol. The SMILES string of the molecule is CO[C@H](C)[C@H](NC(=O)C(NC(=O)OCC1c2ccccc2-c2ccccc21)C1CC1)C(=O)O. The number of benzene rings is 2. The largest absolute Gasteiger partial charge is 0.480 e. The smallest absolute Gasteiger partial charge is 0.407 e. The quantitative estimate of drug-likeness (QED) is 0.539. The number of hydrogen-bond donors (Lipinski definition) is 3. The second-order valence-corrected chi connectivity index (χ2v) is 8.55. The summed E-state index contributed by atoms with van der Waals surface area (Å²) >= 11 is 0. The molecule has 4 rings (SSSR count). The lowest BCUT2D eigenvalue weighted by molar-refractivity contribution is -0.145. The van der Waals surface area contributed by atoms with Crippen molar-refractivity contribution in [1.82, 2.24) is 10.6 Å². The number of carboxylic acid groups (broad SMARTS) is 1. The number of amides is 2. The van der Waals surface area contributed by atoms with Crippen LogP contribution in [-0.4, -0.2) is 55.0 Å². The van der Waals surface area contributed by atoms with Gasteiger partial charge in [0.15, 0.2) is 6.04 Å². The van der Waals surface area contributed by atoms with Gasteiger partial charge in [-0.3, -0.25) is 4.79 Å². The Hall–Kier alpha value is -3.39. The Labute approximate surface area is 192 Å². The van der Waals surface area contributed by atoms with Crippen LogP contribution < -0.4 is 10.6 Å². The number of alkyl carbamates (subject to hydrolysis) is 1. The fourth-order valence-corrected chi connectivity index (χ4v) is 4.35. The standard InChI is InChI=1S/C25H28N2O6/c1-14(32-2)21(24(29)30)26-23(28)22(15-11-12-15)27-25(31)33-13-20-18-9-5-3-7-16(18)17-8-4-6-10-19(17)20/h3-10,14-15,20-22H,11-13H2,1-2H3,(H,26,28)(H,27,31)(H,29,30)/t14-,21+,22?/m1/s1. The summed E-state index contributed by atoms with van der Waals surface area (Å²) < 4.78 is 10.6. The molecule has 1 fully saturated rings. The van der Waals surface area contributed by atoms with Crippen LogP contribution in [0.1, 0.15) is 36.8 Å². The molecule has 8 nitrogen and oxygen atoms in total. The molecule has 0 spiro atoms. The van der Waals surface area contributed by atoms with Gasteiger partial charge in [-0.1, -0.05) is 48.5 Å². The van der Waals surface area contributed by atoms with Crippen LogP contribution in [0.5, 0.6) is 0 Å². The molecular formula is C25H28N2O6. The number of aliphatic carboxylic acids is 1. The zero-order valence-corrected chi connectivity index (χ0v) is 18.6. The molecule has 2 aromatic carbocycles. The van der Waals surface area contributed by atoms with Crippen molar-refractivity contribution in [3.05, 3.63) is 59.7 Å². The summed E-state index contributed by atoms with van der Waals surface area (Å²) in [7, 11) is 1.38. The molecule has 3 N–H and O–H groups in total. The maximum atomic E-state index is 12.8. The van der Waals surface area contributed by atoms with Crippen LogP contribution in [0.25, 0.3) is 11.1 Å². The number of fused-ring (bicyclic) bond motifs is 3. The van der Waals surface area contributed by atoms with E-state index in [9.17, 15) is 19.5 Å². The zero-order chi connectivity index (χ0) is 23.5. The van der Waals surface area contributed by atoms with Crippen molar-refractivity contribution in [2.75, 3.05) is 13.7 Å². The van der Waals surface area contributed by atoms with E-state index in [0.717, 1.165) is 35.1 Å². The van der Waals surface area contributed by atoms with E-state index in [0.29, 0.717) is 0 Å². The van der Waals surface area contributed by atoms with Gasteiger partial charge < -0.3 is 25.2 Å². The van der Waals surface area contributed by atoms with E-state index in [1.165, 1.54) is 7.11 Å². The molecule has 1 unspecified atom stereocenters. The Morgan fingerprint density at radius 3 is 2.09 bits per heavy atom. The topological polar surface area (TPSA) is 114 Å². The number of rotatable bonds is 9. The normalized spacial score (nSPS) is 17.3. The first-order valence-corrected chi connectivity index (χ1v) is 11.1. The number of nitrogens with one attached hydrogen (secondary N) is 2. The van der Waals surface area contributed by atoms with E-state index in [2.05, 4.69) is 22.8 Å². The maximum Gasteiger partial charge on any atom is 0.407 e. The third-order valence-electron chi connectivity index (χ3n) is 6.40. The molecule has 2 aliphatic carbocycles. The molecule has 2 aromatic rings. The first-order chi connectivity index (χ1) is 15.9. The number of hydrogen-bond acceptors (Lipinski definition) is 5. The highest BCUT2D eigenvalue weighted by atomic mass is 16.5. The Bertz CT molecular complexity index is 1010. The Morgan fingerprint density at radius 1 is 1.00 bits per heavy atom. The van der Waals surface area contributed by atoms with Crippen LogP contribution in [0.4, 0.5) is 4.79 Å². The zero-order valence-electron chi connectivity index (χ0n) is 18.6. The molecule has 3 atom stereocenters. The van der Waals surface area contributed by atoms with Gasteiger partial charge in [-0.15, -0.1) is 0 Å². The second-order valence-electron chi connectivity index (χ2n) is 8.55. The van der Waals surface area contributed by atoms with E-state index >= 15 is 0 Å². The van der Waals surface area contributed by atoms with E-state index in [4.69, 9.17) is 9.47 Å². The summed E-state index contributed by atoms with van der Waals surface area (Å²) in [5, 5.41) is 14.5. The average Bonchev–Trinajstić information content (AvgIpc) is 3.61.